The Bertz CT molecular complexity index is 856. The third-order valence-corrected chi connectivity index (χ3v) is 3.57. The van der Waals surface area contributed by atoms with E-state index >= 15 is 0 Å². The Kier molecular flexibility index (Phi) is 4.37. The van der Waals surface area contributed by atoms with Gasteiger partial charge in [-0.2, -0.15) is 0 Å². The topological polar surface area (TPSA) is 55.1 Å². The lowest BCUT2D eigenvalue weighted by Crippen LogP contribution is -2.23. The summed E-state index contributed by atoms with van der Waals surface area (Å²) in [5, 5.41) is 6.64. The fraction of sp³-hybridized carbons (Fsp3) is 0.111. The van der Waals surface area contributed by atoms with E-state index < -0.39 is 0 Å². The molecule has 0 radical (unpaired) electrons. The SMILES string of the molecule is Cc1onc(-c2ccc(F)cc2)c1C(=O)NCc1ccc(F)cc1. The van der Waals surface area contributed by atoms with Crippen LogP contribution in [0.2, 0.25) is 0 Å². The first-order valence-electron chi connectivity index (χ1n) is 7.29. The van der Waals surface area contributed by atoms with E-state index in [2.05, 4.69) is 10.5 Å². The predicted octanol–water partition coefficient (Wildman–Crippen LogP) is 3.86. The molecule has 0 fully saturated rings. The molecule has 1 aromatic heterocycles. The maximum atomic E-state index is 13.1. The van der Waals surface area contributed by atoms with E-state index in [1.54, 1.807) is 19.1 Å². The smallest absolute Gasteiger partial charge is 0.257 e. The molecule has 3 rings (SSSR count). The molecule has 0 bridgehead atoms. The van der Waals surface area contributed by atoms with E-state index in [-0.39, 0.29) is 24.1 Å². The van der Waals surface area contributed by atoms with Gasteiger partial charge in [0.05, 0.1) is 0 Å². The summed E-state index contributed by atoms with van der Waals surface area (Å²) in [6.07, 6.45) is 0. The van der Waals surface area contributed by atoms with Crippen molar-refractivity contribution < 1.29 is 18.1 Å². The van der Waals surface area contributed by atoms with E-state index in [1.165, 1.54) is 36.4 Å². The summed E-state index contributed by atoms with van der Waals surface area (Å²) in [6, 6.07) is 11.5. The summed E-state index contributed by atoms with van der Waals surface area (Å²) in [4.78, 5) is 12.5. The summed E-state index contributed by atoms with van der Waals surface area (Å²) in [5.41, 5.74) is 2.00. The zero-order valence-corrected chi connectivity index (χ0v) is 12.8. The van der Waals surface area contributed by atoms with Crippen molar-refractivity contribution in [1.29, 1.82) is 0 Å². The number of carbonyl (C=O) groups is 1. The van der Waals surface area contributed by atoms with Gasteiger partial charge in [0.2, 0.25) is 0 Å². The number of amides is 1. The van der Waals surface area contributed by atoms with Crippen molar-refractivity contribution in [3.63, 3.8) is 0 Å². The number of carbonyl (C=O) groups excluding carboxylic acids is 1. The molecule has 3 aromatic rings. The zero-order chi connectivity index (χ0) is 17.1. The van der Waals surface area contributed by atoms with Crippen molar-refractivity contribution >= 4 is 5.91 Å². The van der Waals surface area contributed by atoms with Crippen molar-refractivity contribution in [2.24, 2.45) is 0 Å². The predicted molar refractivity (Wildman–Crippen MR) is 84.2 cm³/mol. The van der Waals surface area contributed by atoms with Crippen LogP contribution in [0, 0.1) is 18.6 Å². The van der Waals surface area contributed by atoms with Gasteiger partial charge in [-0.15, -0.1) is 0 Å². The molecule has 0 saturated carbocycles. The Labute approximate surface area is 137 Å². The van der Waals surface area contributed by atoms with E-state index in [9.17, 15) is 13.6 Å². The number of hydrogen-bond acceptors (Lipinski definition) is 3. The molecule has 0 aliphatic carbocycles. The summed E-state index contributed by atoms with van der Waals surface area (Å²) < 4.78 is 31.1. The van der Waals surface area contributed by atoms with Gasteiger partial charge < -0.3 is 9.84 Å². The molecular weight excluding hydrogens is 314 g/mol. The van der Waals surface area contributed by atoms with Gasteiger partial charge in [0.1, 0.15) is 28.7 Å². The molecule has 122 valence electrons. The number of rotatable bonds is 4. The zero-order valence-electron chi connectivity index (χ0n) is 12.8. The molecule has 1 amide bonds. The van der Waals surface area contributed by atoms with E-state index in [4.69, 9.17) is 4.52 Å². The van der Waals surface area contributed by atoms with Crippen molar-refractivity contribution in [2.45, 2.75) is 13.5 Å². The molecule has 1 heterocycles. The fourth-order valence-corrected chi connectivity index (χ4v) is 2.32. The first kappa shape index (κ1) is 15.9. The highest BCUT2D eigenvalue weighted by Crippen LogP contribution is 2.25. The van der Waals surface area contributed by atoms with Crippen molar-refractivity contribution in [2.75, 3.05) is 0 Å². The fourth-order valence-electron chi connectivity index (χ4n) is 2.32. The van der Waals surface area contributed by atoms with Gasteiger partial charge in [-0.3, -0.25) is 4.79 Å². The van der Waals surface area contributed by atoms with Gasteiger partial charge in [-0.25, -0.2) is 8.78 Å². The summed E-state index contributed by atoms with van der Waals surface area (Å²) >= 11 is 0. The summed E-state index contributed by atoms with van der Waals surface area (Å²) in [6.45, 7) is 1.87. The van der Waals surface area contributed by atoms with Crippen LogP contribution in [0.25, 0.3) is 11.3 Å². The Morgan fingerprint density at radius 3 is 2.25 bits per heavy atom. The standard InChI is InChI=1S/C18H14F2N2O2/c1-11-16(17(22-24-11)13-4-8-15(20)9-5-13)18(23)21-10-12-2-6-14(19)7-3-12/h2-9H,10H2,1H3,(H,21,23). The highest BCUT2D eigenvalue weighted by molar-refractivity contribution is 6.00. The molecule has 0 saturated heterocycles. The van der Waals surface area contributed by atoms with Crippen molar-refractivity contribution in [3.8, 4) is 11.3 Å². The summed E-state index contributed by atoms with van der Waals surface area (Å²) in [7, 11) is 0. The van der Waals surface area contributed by atoms with Gasteiger partial charge >= 0.3 is 0 Å². The lowest BCUT2D eigenvalue weighted by atomic mass is 10.1. The van der Waals surface area contributed by atoms with Crippen LogP contribution in [0.4, 0.5) is 8.78 Å². The largest absolute Gasteiger partial charge is 0.360 e. The normalized spacial score (nSPS) is 10.6. The molecule has 2 aromatic carbocycles. The van der Waals surface area contributed by atoms with Crippen LogP contribution in [0.1, 0.15) is 21.7 Å². The molecule has 0 unspecified atom stereocenters. The van der Waals surface area contributed by atoms with Crippen LogP contribution in [-0.2, 0) is 6.54 Å². The summed E-state index contributed by atoms with van der Waals surface area (Å²) in [5.74, 6) is -0.705. The van der Waals surface area contributed by atoms with Gasteiger partial charge in [0.25, 0.3) is 5.91 Å². The second-order valence-electron chi connectivity index (χ2n) is 5.28. The Morgan fingerprint density at radius 2 is 1.62 bits per heavy atom. The molecule has 0 spiro atoms. The first-order valence-corrected chi connectivity index (χ1v) is 7.29. The molecule has 6 heteroatoms. The lowest BCUT2D eigenvalue weighted by Gasteiger charge is -2.06. The number of aromatic nitrogens is 1. The van der Waals surface area contributed by atoms with Gasteiger partial charge in [-0.1, -0.05) is 17.3 Å². The molecule has 1 N–H and O–H groups in total. The molecule has 4 nitrogen and oxygen atoms in total. The van der Waals surface area contributed by atoms with Crippen LogP contribution in [0.3, 0.4) is 0 Å². The second-order valence-corrected chi connectivity index (χ2v) is 5.28. The lowest BCUT2D eigenvalue weighted by molar-refractivity contribution is 0.0950. The van der Waals surface area contributed by atoms with E-state index in [1.807, 2.05) is 0 Å². The maximum absolute atomic E-state index is 13.1. The number of halogens is 2. The van der Waals surface area contributed by atoms with Crippen LogP contribution in [-0.4, -0.2) is 11.1 Å². The minimum atomic E-state index is -0.374. The molecular formula is C18H14F2N2O2. The number of nitrogens with zero attached hydrogens (tertiary/aromatic N) is 1. The van der Waals surface area contributed by atoms with Crippen LogP contribution in [0.5, 0.6) is 0 Å². The molecule has 24 heavy (non-hydrogen) atoms. The number of benzene rings is 2. The van der Waals surface area contributed by atoms with Crippen LogP contribution < -0.4 is 5.32 Å². The molecule has 0 atom stereocenters. The maximum Gasteiger partial charge on any atom is 0.257 e. The van der Waals surface area contributed by atoms with Gasteiger partial charge in [0, 0.05) is 12.1 Å². The Hall–Kier alpha value is -3.02. The monoisotopic (exact) mass is 328 g/mol. The third-order valence-electron chi connectivity index (χ3n) is 3.57. The number of nitrogens with one attached hydrogen (secondary N) is 1. The highest BCUT2D eigenvalue weighted by Gasteiger charge is 2.21. The van der Waals surface area contributed by atoms with Gasteiger partial charge in [0.15, 0.2) is 0 Å². The van der Waals surface area contributed by atoms with Crippen LogP contribution in [0.15, 0.2) is 53.1 Å². The van der Waals surface area contributed by atoms with Gasteiger partial charge in [-0.05, 0) is 48.9 Å². The average Bonchev–Trinajstić information content (AvgIpc) is 2.96. The van der Waals surface area contributed by atoms with Crippen molar-refractivity contribution in [1.82, 2.24) is 10.5 Å². The third kappa shape index (κ3) is 3.32. The number of aryl methyl sites for hydroxylation is 1. The van der Waals surface area contributed by atoms with Crippen LogP contribution >= 0.6 is 0 Å². The first-order chi connectivity index (χ1) is 11.5. The Morgan fingerprint density at radius 1 is 1.04 bits per heavy atom. The second kappa shape index (κ2) is 6.62. The minimum absolute atomic E-state index is 0.243. The van der Waals surface area contributed by atoms with E-state index in [0.29, 0.717) is 22.6 Å². The van der Waals surface area contributed by atoms with E-state index in [0.717, 1.165) is 5.56 Å². The molecule has 0 aliphatic heterocycles. The average molecular weight is 328 g/mol. The van der Waals surface area contributed by atoms with Crippen molar-refractivity contribution in [3.05, 3.63) is 77.1 Å². The minimum Gasteiger partial charge on any atom is -0.360 e. The quantitative estimate of drug-likeness (QED) is 0.791. The Balaban J connectivity index is 1.81. The molecule has 0 aliphatic rings. The number of hydrogen-bond donors (Lipinski definition) is 1. The highest BCUT2D eigenvalue weighted by atomic mass is 19.1.